The van der Waals surface area contributed by atoms with E-state index in [9.17, 15) is 13.2 Å². The van der Waals surface area contributed by atoms with Crippen LogP contribution in [0.2, 0.25) is 0 Å². The molecule has 16 heavy (non-hydrogen) atoms. The molecule has 0 bridgehead atoms. The predicted molar refractivity (Wildman–Crippen MR) is 52.0 cm³/mol. The van der Waals surface area contributed by atoms with Crippen LogP contribution >= 0.6 is 0 Å². The van der Waals surface area contributed by atoms with Crippen molar-refractivity contribution in [2.45, 2.75) is 12.3 Å². The average molecular weight is 235 g/mol. The molecule has 1 aromatic carbocycles. The Bertz CT molecular complexity index is 341. The highest BCUT2D eigenvalue weighted by Gasteiger charge is 2.34. The largest absolute Gasteiger partial charge is 0.490 e. The summed E-state index contributed by atoms with van der Waals surface area (Å²) in [6.45, 7) is -0.322. The first-order valence-electron chi connectivity index (χ1n) is 4.62. The molecule has 0 aliphatic carbocycles. The molecule has 0 heterocycles. The predicted octanol–water partition coefficient (Wildman–Crippen LogP) is 1.40. The number of benzene rings is 1. The summed E-state index contributed by atoms with van der Waals surface area (Å²) in [6, 6.07) is 4.82. The SMILES string of the molecule is NCC(O)COc1ccccc1C(F)(F)F. The second kappa shape index (κ2) is 5.18. The molecule has 0 aliphatic heterocycles. The molecule has 1 aromatic rings. The van der Waals surface area contributed by atoms with Crippen LogP contribution in [0.5, 0.6) is 5.75 Å². The summed E-state index contributed by atoms with van der Waals surface area (Å²) < 4.78 is 42.3. The standard InChI is InChI=1S/C10H12F3NO2/c11-10(12,13)8-3-1-2-4-9(8)16-6-7(15)5-14/h1-4,7,15H,5-6,14H2. The summed E-state index contributed by atoms with van der Waals surface area (Å²) in [5, 5.41) is 9.08. The topological polar surface area (TPSA) is 55.5 Å². The van der Waals surface area contributed by atoms with Crippen LogP contribution in [-0.2, 0) is 6.18 Å². The van der Waals surface area contributed by atoms with E-state index < -0.39 is 17.8 Å². The molecule has 1 unspecified atom stereocenters. The fraction of sp³-hybridized carbons (Fsp3) is 0.400. The van der Waals surface area contributed by atoms with E-state index in [0.29, 0.717) is 0 Å². The average Bonchev–Trinajstić information content (AvgIpc) is 2.25. The number of aliphatic hydroxyl groups excluding tert-OH is 1. The minimum Gasteiger partial charge on any atom is -0.490 e. The van der Waals surface area contributed by atoms with Crippen molar-refractivity contribution in [1.82, 2.24) is 0 Å². The molecule has 0 spiro atoms. The van der Waals surface area contributed by atoms with Gasteiger partial charge in [-0.15, -0.1) is 0 Å². The van der Waals surface area contributed by atoms with Gasteiger partial charge in [0.15, 0.2) is 0 Å². The highest BCUT2D eigenvalue weighted by atomic mass is 19.4. The van der Waals surface area contributed by atoms with Crippen LogP contribution in [0.15, 0.2) is 24.3 Å². The summed E-state index contributed by atoms with van der Waals surface area (Å²) >= 11 is 0. The monoisotopic (exact) mass is 235 g/mol. The lowest BCUT2D eigenvalue weighted by Crippen LogP contribution is -2.27. The van der Waals surface area contributed by atoms with Crippen molar-refractivity contribution in [1.29, 1.82) is 0 Å². The number of nitrogens with two attached hydrogens (primary N) is 1. The van der Waals surface area contributed by atoms with Gasteiger partial charge in [-0.1, -0.05) is 12.1 Å². The highest BCUT2D eigenvalue weighted by Crippen LogP contribution is 2.35. The molecule has 0 amide bonds. The molecular weight excluding hydrogens is 223 g/mol. The number of para-hydroxylation sites is 1. The van der Waals surface area contributed by atoms with Crippen molar-refractivity contribution in [3.05, 3.63) is 29.8 Å². The number of rotatable bonds is 4. The lowest BCUT2D eigenvalue weighted by Gasteiger charge is -2.15. The normalized spacial score (nSPS) is 13.6. The number of halogens is 3. The van der Waals surface area contributed by atoms with Crippen molar-refractivity contribution in [3.63, 3.8) is 0 Å². The summed E-state index contributed by atoms with van der Waals surface area (Å²) in [4.78, 5) is 0. The highest BCUT2D eigenvalue weighted by molar-refractivity contribution is 5.35. The molecule has 0 radical (unpaired) electrons. The van der Waals surface area contributed by atoms with Gasteiger partial charge in [-0.2, -0.15) is 13.2 Å². The molecular formula is C10H12F3NO2. The smallest absolute Gasteiger partial charge is 0.419 e. The maximum absolute atomic E-state index is 12.5. The molecule has 0 aromatic heterocycles. The van der Waals surface area contributed by atoms with Crippen LogP contribution in [0, 0.1) is 0 Å². The maximum atomic E-state index is 12.5. The summed E-state index contributed by atoms with van der Waals surface area (Å²) in [5.74, 6) is -0.303. The van der Waals surface area contributed by atoms with Gasteiger partial charge in [0, 0.05) is 6.54 Å². The van der Waals surface area contributed by atoms with Crippen molar-refractivity contribution < 1.29 is 23.0 Å². The van der Waals surface area contributed by atoms with Crippen LogP contribution < -0.4 is 10.5 Å². The van der Waals surface area contributed by atoms with Crippen LogP contribution in [0.1, 0.15) is 5.56 Å². The Balaban J connectivity index is 2.80. The molecule has 1 rings (SSSR count). The summed E-state index contributed by atoms with van der Waals surface area (Å²) in [5.41, 5.74) is 4.25. The van der Waals surface area contributed by atoms with Gasteiger partial charge in [-0.25, -0.2) is 0 Å². The fourth-order valence-corrected chi connectivity index (χ4v) is 1.08. The van der Waals surface area contributed by atoms with Gasteiger partial charge in [-0.05, 0) is 12.1 Å². The fourth-order valence-electron chi connectivity index (χ4n) is 1.08. The molecule has 0 fully saturated rings. The van der Waals surface area contributed by atoms with E-state index in [-0.39, 0.29) is 18.9 Å². The van der Waals surface area contributed by atoms with E-state index in [4.69, 9.17) is 15.6 Å². The Labute approximate surface area is 90.6 Å². The quantitative estimate of drug-likeness (QED) is 0.829. The van der Waals surface area contributed by atoms with E-state index in [1.54, 1.807) is 0 Å². The Morgan fingerprint density at radius 1 is 1.31 bits per heavy atom. The minimum atomic E-state index is -4.47. The Morgan fingerprint density at radius 2 is 1.94 bits per heavy atom. The van der Waals surface area contributed by atoms with Crippen molar-refractivity contribution >= 4 is 0 Å². The third-order valence-electron chi connectivity index (χ3n) is 1.90. The third-order valence-corrected chi connectivity index (χ3v) is 1.90. The summed E-state index contributed by atoms with van der Waals surface area (Å²) in [6.07, 6.45) is -5.44. The van der Waals surface area contributed by atoms with Crippen LogP contribution in [0.25, 0.3) is 0 Å². The van der Waals surface area contributed by atoms with Gasteiger partial charge < -0.3 is 15.6 Å². The Morgan fingerprint density at radius 3 is 2.50 bits per heavy atom. The van der Waals surface area contributed by atoms with E-state index in [0.717, 1.165) is 6.07 Å². The van der Waals surface area contributed by atoms with E-state index >= 15 is 0 Å². The van der Waals surface area contributed by atoms with Gasteiger partial charge in [0.2, 0.25) is 0 Å². The van der Waals surface area contributed by atoms with Gasteiger partial charge in [0.1, 0.15) is 18.5 Å². The van der Waals surface area contributed by atoms with E-state index in [1.807, 2.05) is 0 Å². The number of hydrogen-bond acceptors (Lipinski definition) is 3. The van der Waals surface area contributed by atoms with Crippen molar-refractivity contribution in [2.75, 3.05) is 13.2 Å². The van der Waals surface area contributed by atoms with Crippen LogP contribution in [0.4, 0.5) is 13.2 Å². The molecule has 3 N–H and O–H groups in total. The maximum Gasteiger partial charge on any atom is 0.419 e. The first kappa shape index (κ1) is 12.8. The van der Waals surface area contributed by atoms with Crippen LogP contribution in [0.3, 0.4) is 0 Å². The Hall–Kier alpha value is -1.27. The summed E-state index contributed by atoms with van der Waals surface area (Å²) in [7, 11) is 0. The van der Waals surface area contributed by atoms with Crippen molar-refractivity contribution in [3.8, 4) is 5.75 Å². The molecule has 3 nitrogen and oxygen atoms in total. The number of alkyl halides is 3. The van der Waals surface area contributed by atoms with E-state index in [1.165, 1.54) is 18.2 Å². The number of aliphatic hydroxyl groups is 1. The zero-order chi connectivity index (χ0) is 12.2. The van der Waals surface area contributed by atoms with Crippen LogP contribution in [-0.4, -0.2) is 24.4 Å². The first-order valence-corrected chi connectivity index (χ1v) is 4.62. The second-order valence-electron chi connectivity index (χ2n) is 3.19. The van der Waals surface area contributed by atoms with Gasteiger partial charge in [0.05, 0.1) is 5.56 Å². The van der Waals surface area contributed by atoms with E-state index in [2.05, 4.69) is 0 Å². The zero-order valence-corrected chi connectivity index (χ0v) is 8.37. The molecule has 0 saturated heterocycles. The second-order valence-corrected chi connectivity index (χ2v) is 3.19. The lowest BCUT2D eigenvalue weighted by molar-refractivity contribution is -0.139. The van der Waals surface area contributed by atoms with Gasteiger partial charge >= 0.3 is 6.18 Å². The molecule has 1 atom stereocenters. The minimum absolute atomic E-state index is 0.0613. The number of hydrogen-bond donors (Lipinski definition) is 2. The molecule has 6 heteroatoms. The lowest BCUT2D eigenvalue weighted by atomic mass is 10.2. The van der Waals surface area contributed by atoms with Gasteiger partial charge in [0.25, 0.3) is 0 Å². The number of ether oxygens (including phenoxy) is 1. The third kappa shape index (κ3) is 3.39. The van der Waals surface area contributed by atoms with Crippen molar-refractivity contribution in [2.24, 2.45) is 5.73 Å². The molecule has 90 valence electrons. The first-order chi connectivity index (χ1) is 7.45. The Kier molecular flexibility index (Phi) is 4.14. The zero-order valence-electron chi connectivity index (χ0n) is 8.37. The molecule has 0 aliphatic rings. The van der Waals surface area contributed by atoms with Gasteiger partial charge in [-0.3, -0.25) is 0 Å². The molecule has 0 saturated carbocycles.